The molecule has 1 saturated heterocycles. The second-order valence-corrected chi connectivity index (χ2v) is 15.8. The summed E-state index contributed by atoms with van der Waals surface area (Å²) in [6.45, 7) is 3.92. The first kappa shape index (κ1) is 43.6. The van der Waals surface area contributed by atoms with Crippen molar-refractivity contribution < 1.29 is 47.9 Å². The summed E-state index contributed by atoms with van der Waals surface area (Å²) in [6, 6.07) is 17.0. The van der Waals surface area contributed by atoms with Crippen LogP contribution in [0.5, 0.6) is 28.7 Å². The van der Waals surface area contributed by atoms with E-state index in [0.717, 1.165) is 49.2 Å². The molecule has 7 rings (SSSR count). The van der Waals surface area contributed by atoms with Crippen molar-refractivity contribution in [1.29, 1.82) is 0 Å². The number of fused-ring (bicyclic) bond motifs is 6. The molecule has 2 N–H and O–H groups in total. The molecule has 59 heavy (non-hydrogen) atoms. The van der Waals surface area contributed by atoms with Gasteiger partial charge in [0, 0.05) is 42.9 Å². The zero-order valence-electron chi connectivity index (χ0n) is 35.7. The van der Waals surface area contributed by atoms with Crippen molar-refractivity contribution in [3.05, 3.63) is 77.0 Å². The number of aryl methyl sites for hydroxylation is 1. The summed E-state index contributed by atoms with van der Waals surface area (Å²) in [5, 5.41) is 10.8. The van der Waals surface area contributed by atoms with E-state index >= 15 is 0 Å². The van der Waals surface area contributed by atoms with E-state index in [1.807, 2.05) is 30.3 Å². The summed E-state index contributed by atoms with van der Waals surface area (Å²) in [5.41, 5.74) is 4.92. The van der Waals surface area contributed by atoms with Gasteiger partial charge < -0.3 is 43.2 Å². The van der Waals surface area contributed by atoms with E-state index in [-0.39, 0.29) is 29.4 Å². The summed E-state index contributed by atoms with van der Waals surface area (Å²) in [6.07, 6.45) is 9.77. The number of phenols is 1. The Morgan fingerprint density at radius 1 is 0.847 bits per heavy atom. The zero-order chi connectivity index (χ0) is 42.1. The maximum absolute atomic E-state index is 13.5. The molecule has 0 unspecified atom stereocenters. The van der Waals surface area contributed by atoms with Crippen LogP contribution >= 0.6 is 0 Å². The number of aromatic amines is 1. The van der Waals surface area contributed by atoms with Gasteiger partial charge in [0.1, 0.15) is 23.7 Å². The van der Waals surface area contributed by atoms with Crippen LogP contribution in [0.25, 0.3) is 10.9 Å². The first-order valence-electron chi connectivity index (χ1n) is 21.0. The topological polar surface area (TPSA) is 138 Å². The van der Waals surface area contributed by atoms with Gasteiger partial charge in [-0.05, 0) is 85.4 Å². The second-order valence-electron chi connectivity index (χ2n) is 15.8. The molecule has 0 spiro atoms. The van der Waals surface area contributed by atoms with E-state index in [4.69, 9.17) is 33.2 Å². The number of unbranched alkanes of at least 4 members (excludes halogenated alkanes) is 5. The Kier molecular flexibility index (Phi) is 15.1. The number of benzene rings is 3. The van der Waals surface area contributed by atoms with E-state index in [0.29, 0.717) is 29.4 Å². The summed E-state index contributed by atoms with van der Waals surface area (Å²) in [5.74, 6) is 0.891. The molecule has 12 heteroatoms. The number of phenolic OH excluding ortho intramolecular Hbond substituents is 1. The third kappa shape index (κ3) is 9.60. The third-order valence-electron chi connectivity index (χ3n) is 12.6. The van der Waals surface area contributed by atoms with Gasteiger partial charge in [0.05, 0.1) is 53.1 Å². The maximum Gasteiger partial charge on any atom is 0.338 e. The molecule has 1 aromatic heterocycles. The van der Waals surface area contributed by atoms with Gasteiger partial charge in [0.15, 0.2) is 11.5 Å². The average Bonchev–Trinajstić information content (AvgIpc) is 3.64. The molecular formula is C47H62N2O10. The third-order valence-corrected chi connectivity index (χ3v) is 12.6. The number of para-hydroxylation sites is 1. The first-order valence-corrected chi connectivity index (χ1v) is 21.0. The van der Waals surface area contributed by atoms with Crippen molar-refractivity contribution in [2.24, 2.45) is 17.8 Å². The van der Waals surface area contributed by atoms with Crippen molar-refractivity contribution >= 4 is 22.8 Å². The van der Waals surface area contributed by atoms with Gasteiger partial charge in [0.2, 0.25) is 5.75 Å². The minimum atomic E-state index is -0.670. The molecule has 12 nitrogen and oxygen atoms in total. The number of aromatic hydroxyl groups is 1. The van der Waals surface area contributed by atoms with Gasteiger partial charge >= 0.3 is 11.9 Å². The molecule has 1 saturated carbocycles. The fraction of sp³-hybridized carbons (Fsp3) is 0.532. The van der Waals surface area contributed by atoms with E-state index < -0.39 is 24.1 Å². The standard InChI is InChI=1S/C33H40N2O9.C14H22O/c1-38-19-7-8-20-21-9-10-35-16-18-13-27(44-32(36)17-11-25(39-2)30(41-4)26(12-17)40-3)31(42-5)28(33(37)43-6)22(18)15-24(35)29(21)34-23(20)14-19;1-2-3-4-5-6-7-10-13-11-8-9-12-14(13)15/h7-8,11-12,14,18,22,24,27-28,31,34H,9-10,13,15-16H2,1-6H3;8-9,11-12,15H,2-7,10H2,1H3/t18-,22+,24-,27-,28+,31+;/m1./s1. The second kappa shape index (κ2) is 20.4. The molecular weight excluding hydrogens is 753 g/mol. The van der Waals surface area contributed by atoms with Crippen LogP contribution in [0.4, 0.5) is 0 Å². The molecule has 3 aromatic carbocycles. The largest absolute Gasteiger partial charge is 0.508 e. The zero-order valence-corrected chi connectivity index (χ0v) is 35.7. The summed E-state index contributed by atoms with van der Waals surface area (Å²) < 4.78 is 39.1. The number of carbonyl (C=O) groups excluding carboxylic acids is 2. The first-order chi connectivity index (χ1) is 28.7. The van der Waals surface area contributed by atoms with E-state index in [1.165, 1.54) is 83.6 Å². The van der Waals surface area contributed by atoms with Crippen LogP contribution in [0.2, 0.25) is 0 Å². The van der Waals surface area contributed by atoms with Crippen LogP contribution in [-0.2, 0) is 31.8 Å². The summed E-state index contributed by atoms with van der Waals surface area (Å²) in [7, 11) is 9.10. The van der Waals surface area contributed by atoms with Gasteiger partial charge in [-0.3, -0.25) is 9.69 Å². The number of hydrogen-bond donors (Lipinski definition) is 2. The maximum atomic E-state index is 13.5. The Hall–Kier alpha value is -4.94. The van der Waals surface area contributed by atoms with Gasteiger partial charge in [0.25, 0.3) is 0 Å². The molecule has 3 heterocycles. The Balaban J connectivity index is 0.000000330. The number of ether oxygens (including phenoxy) is 7. The molecule has 6 atom stereocenters. The highest BCUT2D eigenvalue weighted by Gasteiger charge is 2.54. The minimum Gasteiger partial charge on any atom is -0.508 e. The number of methoxy groups -OCH3 is 6. The van der Waals surface area contributed by atoms with Crippen molar-refractivity contribution in [2.45, 2.75) is 89.4 Å². The van der Waals surface area contributed by atoms with Crippen molar-refractivity contribution in [1.82, 2.24) is 9.88 Å². The number of aromatic nitrogens is 1. The number of nitrogens with one attached hydrogen (secondary N) is 1. The molecule has 0 radical (unpaired) electrons. The molecule has 320 valence electrons. The lowest BCUT2D eigenvalue weighted by Crippen LogP contribution is -2.58. The predicted octanol–water partition coefficient (Wildman–Crippen LogP) is 8.47. The van der Waals surface area contributed by atoms with Crippen molar-refractivity contribution in [3.8, 4) is 28.7 Å². The van der Waals surface area contributed by atoms with E-state index in [9.17, 15) is 14.7 Å². The lowest BCUT2D eigenvalue weighted by atomic mass is 9.63. The molecule has 0 bridgehead atoms. The van der Waals surface area contributed by atoms with Crippen LogP contribution < -0.4 is 18.9 Å². The lowest BCUT2D eigenvalue weighted by molar-refractivity contribution is -0.176. The van der Waals surface area contributed by atoms with Gasteiger partial charge in [-0.2, -0.15) is 0 Å². The summed E-state index contributed by atoms with van der Waals surface area (Å²) in [4.78, 5) is 33.1. The van der Waals surface area contributed by atoms with Gasteiger partial charge in [-0.25, -0.2) is 4.79 Å². The monoisotopic (exact) mass is 814 g/mol. The highest BCUT2D eigenvalue weighted by molar-refractivity contribution is 5.91. The van der Waals surface area contributed by atoms with Crippen LogP contribution in [0, 0.1) is 17.8 Å². The minimum absolute atomic E-state index is 0.0170. The quantitative estimate of drug-likeness (QED) is 0.0883. The van der Waals surface area contributed by atoms with E-state index in [2.05, 4.69) is 22.9 Å². The smallest absolute Gasteiger partial charge is 0.338 e. The highest BCUT2D eigenvalue weighted by atomic mass is 16.6. The average molecular weight is 815 g/mol. The Labute approximate surface area is 348 Å². The molecule has 4 aromatic rings. The molecule has 1 aliphatic carbocycles. The van der Waals surface area contributed by atoms with Crippen LogP contribution in [0.3, 0.4) is 0 Å². The fourth-order valence-electron chi connectivity index (χ4n) is 9.58. The number of piperidine rings is 1. The number of hydrogen-bond acceptors (Lipinski definition) is 11. The molecule has 2 fully saturated rings. The molecule has 0 amide bonds. The number of rotatable bonds is 15. The van der Waals surface area contributed by atoms with Crippen LogP contribution in [-0.4, -0.2) is 94.9 Å². The van der Waals surface area contributed by atoms with Crippen LogP contribution in [0.15, 0.2) is 54.6 Å². The number of esters is 2. The van der Waals surface area contributed by atoms with Gasteiger partial charge in [-0.1, -0.05) is 57.2 Å². The Morgan fingerprint density at radius 2 is 1.58 bits per heavy atom. The van der Waals surface area contributed by atoms with Gasteiger partial charge in [-0.15, -0.1) is 0 Å². The Morgan fingerprint density at radius 3 is 2.24 bits per heavy atom. The number of nitrogens with zero attached hydrogens (tertiary/aromatic N) is 1. The SMILES string of the molecule is CCCCCCCCc1ccccc1O.COC(=O)[C@H]1[C@H]2C[C@@H]3c4[nH]c5cc(OC)ccc5c4CCN3C[C@H]2C[C@@H](OC(=O)c2cc(OC)c(OC)c(OC)c2)[C@@H]1OC. The number of carbonyl (C=O) groups is 2. The van der Waals surface area contributed by atoms with Crippen LogP contribution in [0.1, 0.15) is 91.5 Å². The van der Waals surface area contributed by atoms with E-state index in [1.54, 1.807) is 32.4 Å². The number of H-pyrrole nitrogens is 1. The summed E-state index contributed by atoms with van der Waals surface area (Å²) >= 11 is 0. The predicted molar refractivity (Wildman–Crippen MR) is 226 cm³/mol. The molecule has 3 aliphatic rings. The lowest BCUT2D eigenvalue weighted by Gasteiger charge is -2.52. The van der Waals surface area contributed by atoms with Crippen molar-refractivity contribution in [3.63, 3.8) is 0 Å². The normalized spacial score (nSPS) is 22.2. The highest BCUT2D eigenvalue weighted by Crippen LogP contribution is 2.51. The Bertz CT molecular complexity index is 2000. The molecule has 2 aliphatic heterocycles. The van der Waals surface area contributed by atoms with Crippen molar-refractivity contribution in [2.75, 3.05) is 55.7 Å². The fourth-order valence-corrected chi connectivity index (χ4v) is 9.58.